The summed E-state index contributed by atoms with van der Waals surface area (Å²) in [6.45, 7) is 4.34. The summed E-state index contributed by atoms with van der Waals surface area (Å²) >= 11 is 1.56. The number of imidazole rings is 1. The van der Waals surface area contributed by atoms with Crippen LogP contribution in [0.25, 0.3) is 26.9 Å². The fraction of sp³-hybridized carbons (Fsp3) is 0.294. The van der Waals surface area contributed by atoms with E-state index in [1.807, 2.05) is 40.7 Å². The third-order valence-electron chi connectivity index (χ3n) is 3.87. The Morgan fingerprint density at radius 2 is 1.92 bits per heavy atom. The summed E-state index contributed by atoms with van der Waals surface area (Å²) in [4.78, 5) is 5.30. The first-order valence-corrected chi connectivity index (χ1v) is 8.73. The van der Waals surface area contributed by atoms with Crippen molar-refractivity contribution in [3.8, 4) is 22.0 Å². The first-order valence-electron chi connectivity index (χ1n) is 7.91. The number of nitrogens with zero attached hydrogens (tertiary/aromatic N) is 6. The van der Waals surface area contributed by atoms with E-state index in [0.29, 0.717) is 5.92 Å². The van der Waals surface area contributed by atoms with E-state index >= 15 is 0 Å². The monoisotopic (exact) mass is 338 g/mol. The summed E-state index contributed by atoms with van der Waals surface area (Å²) in [5.74, 6) is 2.36. The van der Waals surface area contributed by atoms with E-state index in [9.17, 15) is 0 Å². The maximum Gasteiger partial charge on any atom is 0.234 e. The minimum atomic E-state index is 0.516. The van der Waals surface area contributed by atoms with Crippen molar-refractivity contribution in [3.63, 3.8) is 0 Å². The summed E-state index contributed by atoms with van der Waals surface area (Å²) in [5, 5.41) is 14.2. The van der Waals surface area contributed by atoms with Gasteiger partial charge in [-0.05, 0) is 5.92 Å². The molecule has 0 spiro atoms. The van der Waals surface area contributed by atoms with Crippen LogP contribution in [0.15, 0.2) is 36.7 Å². The quantitative estimate of drug-likeness (QED) is 0.572. The van der Waals surface area contributed by atoms with Crippen LogP contribution in [0.2, 0.25) is 0 Å². The molecule has 4 aromatic rings. The molecular formula is C17H18N6S. The van der Waals surface area contributed by atoms with Gasteiger partial charge in [0.15, 0.2) is 5.82 Å². The lowest BCUT2D eigenvalue weighted by atomic mass is 10.1. The molecule has 3 heterocycles. The summed E-state index contributed by atoms with van der Waals surface area (Å²) in [7, 11) is 2.00. The minimum Gasteiger partial charge on any atom is -0.334 e. The summed E-state index contributed by atoms with van der Waals surface area (Å²) in [6, 6.07) is 8.21. The van der Waals surface area contributed by atoms with Crippen molar-refractivity contribution < 1.29 is 0 Å². The smallest absolute Gasteiger partial charge is 0.234 e. The van der Waals surface area contributed by atoms with Crippen LogP contribution >= 0.6 is 11.3 Å². The SMILES string of the molecule is CC(C)Cc1nnc2sc(-c3ccccc3-c3nccn3C)nn12. The van der Waals surface area contributed by atoms with Crippen LogP contribution in [0.4, 0.5) is 0 Å². The number of aromatic nitrogens is 6. The third kappa shape index (κ3) is 2.50. The van der Waals surface area contributed by atoms with Gasteiger partial charge in [-0.2, -0.15) is 9.61 Å². The van der Waals surface area contributed by atoms with Crippen LogP contribution in [0, 0.1) is 5.92 Å². The zero-order chi connectivity index (χ0) is 16.7. The van der Waals surface area contributed by atoms with Crippen LogP contribution in [-0.4, -0.2) is 29.4 Å². The molecule has 0 aliphatic heterocycles. The highest BCUT2D eigenvalue weighted by atomic mass is 32.1. The molecule has 0 aliphatic carbocycles. The number of hydrogen-bond acceptors (Lipinski definition) is 5. The number of rotatable bonds is 4. The van der Waals surface area contributed by atoms with Gasteiger partial charge in [0.1, 0.15) is 10.8 Å². The Labute approximate surface area is 143 Å². The fourth-order valence-corrected chi connectivity index (χ4v) is 3.65. The van der Waals surface area contributed by atoms with Crippen LogP contribution in [-0.2, 0) is 13.5 Å². The molecule has 3 aromatic heterocycles. The van der Waals surface area contributed by atoms with E-state index in [0.717, 1.165) is 39.2 Å². The zero-order valence-corrected chi connectivity index (χ0v) is 14.7. The van der Waals surface area contributed by atoms with E-state index in [1.54, 1.807) is 11.3 Å². The predicted molar refractivity (Wildman–Crippen MR) is 94.8 cm³/mol. The van der Waals surface area contributed by atoms with Crippen molar-refractivity contribution in [1.82, 2.24) is 29.4 Å². The minimum absolute atomic E-state index is 0.516. The van der Waals surface area contributed by atoms with Crippen LogP contribution in [0.3, 0.4) is 0 Å². The normalized spacial score (nSPS) is 11.7. The van der Waals surface area contributed by atoms with Crippen molar-refractivity contribution in [1.29, 1.82) is 0 Å². The second-order valence-corrected chi connectivity index (χ2v) is 7.18. The molecule has 122 valence electrons. The molecule has 0 atom stereocenters. The molecular weight excluding hydrogens is 320 g/mol. The molecule has 4 rings (SSSR count). The lowest BCUT2D eigenvalue weighted by molar-refractivity contribution is 0.607. The van der Waals surface area contributed by atoms with Gasteiger partial charge in [-0.25, -0.2) is 4.98 Å². The number of aryl methyl sites for hydroxylation is 1. The lowest BCUT2D eigenvalue weighted by Gasteiger charge is -2.06. The van der Waals surface area contributed by atoms with E-state index in [1.165, 1.54) is 0 Å². The van der Waals surface area contributed by atoms with Gasteiger partial charge in [0.25, 0.3) is 0 Å². The average Bonchev–Trinajstić information content (AvgIpc) is 3.24. The Hall–Kier alpha value is -2.54. The van der Waals surface area contributed by atoms with Gasteiger partial charge in [-0.1, -0.05) is 49.4 Å². The van der Waals surface area contributed by atoms with Crippen molar-refractivity contribution in [2.45, 2.75) is 20.3 Å². The lowest BCUT2D eigenvalue weighted by Crippen LogP contribution is -2.01. The van der Waals surface area contributed by atoms with Crippen molar-refractivity contribution in [2.75, 3.05) is 0 Å². The van der Waals surface area contributed by atoms with Crippen molar-refractivity contribution >= 4 is 16.3 Å². The number of benzene rings is 1. The molecule has 0 amide bonds. The van der Waals surface area contributed by atoms with Gasteiger partial charge < -0.3 is 4.57 Å². The molecule has 0 saturated carbocycles. The number of hydrogen-bond donors (Lipinski definition) is 0. The Balaban J connectivity index is 1.84. The molecule has 0 unspecified atom stereocenters. The molecule has 0 saturated heterocycles. The highest BCUT2D eigenvalue weighted by molar-refractivity contribution is 7.19. The molecule has 24 heavy (non-hydrogen) atoms. The molecule has 7 heteroatoms. The highest BCUT2D eigenvalue weighted by Gasteiger charge is 2.17. The predicted octanol–water partition coefficient (Wildman–Crippen LogP) is 3.45. The molecule has 0 N–H and O–H groups in total. The van der Waals surface area contributed by atoms with Crippen molar-refractivity contribution in [3.05, 3.63) is 42.5 Å². The first-order chi connectivity index (χ1) is 11.6. The molecule has 6 nitrogen and oxygen atoms in total. The topological polar surface area (TPSA) is 60.9 Å². The van der Waals surface area contributed by atoms with E-state index in [-0.39, 0.29) is 0 Å². The van der Waals surface area contributed by atoms with Gasteiger partial charge in [-0.15, -0.1) is 10.2 Å². The maximum absolute atomic E-state index is 4.77. The van der Waals surface area contributed by atoms with E-state index < -0.39 is 0 Å². The second kappa shape index (κ2) is 5.83. The molecule has 0 aliphatic rings. The van der Waals surface area contributed by atoms with Gasteiger partial charge >= 0.3 is 0 Å². The molecule has 0 radical (unpaired) electrons. The summed E-state index contributed by atoms with van der Waals surface area (Å²) < 4.78 is 3.89. The summed E-state index contributed by atoms with van der Waals surface area (Å²) in [5.41, 5.74) is 2.14. The Morgan fingerprint density at radius 3 is 2.62 bits per heavy atom. The van der Waals surface area contributed by atoms with E-state index in [4.69, 9.17) is 5.10 Å². The number of fused-ring (bicyclic) bond motifs is 1. The largest absolute Gasteiger partial charge is 0.334 e. The standard InChI is InChI=1S/C17H18N6S/c1-11(2)10-14-19-20-17-23(14)21-16(24-17)13-7-5-4-6-12(13)15-18-8-9-22(15)3/h4-9,11H,10H2,1-3H3. The molecule has 1 aromatic carbocycles. The van der Waals surface area contributed by atoms with Crippen LogP contribution in [0.5, 0.6) is 0 Å². The summed E-state index contributed by atoms with van der Waals surface area (Å²) in [6.07, 6.45) is 4.63. The van der Waals surface area contributed by atoms with Gasteiger partial charge in [0.05, 0.1) is 0 Å². The average molecular weight is 338 g/mol. The Morgan fingerprint density at radius 1 is 1.12 bits per heavy atom. The molecule has 0 fully saturated rings. The van der Waals surface area contributed by atoms with Crippen molar-refractivity contribution in [2.24, 2.45) is 13.0 Å². The Kier molecular flexibility index (Phi) is 3.65. The first kappa shape index (κ1) is 15.0. The van der Waals surface area contributed by atoms with Crippen LogP contribution in [0.1, 0.15) is 19.7 Å². The van der Waals surface area contributed by atoms with E-state index in [2.05, 4.69) is 41.2 Å². The highest BCUT2D eigenvalue weighted by Crippen LogP contribution is 2.33. The maximum atomic E-state index is 4.77. The zero-order valence-electron chi connectivity index (χ0n) is 13.8. The molecule has 0 bridgehead atoms. The van der Waals surface area contributed by atoms with Gasteiger partial charge in [0, 0.05) is 37.0 Å². The third-order valence-corrected chi connectivity index (χ3v) is 4.80. The van der Waals surface area contributed by atoms with Gasteiger partial charge in [-0.3, -0.25) is 0 Å². The second-order valence-electron chi connectivity index (χ2n) is 6.22. The van der Waals surface area contributed by atoms with Crippen LogP contribution < -0.4 is 0 Å². The fourth-order valence-electron chi connectivity index (χ4n) is 2.75. The Bertz CT molecular complexity index is 994. The van der Waals surface area contributed by atoms with Gasteiger partial charge in [0.2, 0.25) is 4.96 Å².